The quantitative estimate of drug-likeness (QED) is 0.595. The summed E-state index contributed by atoms with van der Waals surface area (Å²) in [7, 11) is 0. The summed E-state index contributed by atoms with van der Waals surface area (Å²) in [6, 6.07) is 0. The third kappa shape index (κ3) is 3.44. The van der Waals surface area contributed by atoms with Crippen molar-refractivity contribution < 1.29 is 5.11 Å². The van der Waals surface area contributed by atoms with Gasteiger partial charge in [0.05, 0.1) is 0 Å². The van der Waals surface area contributed by atoms with Gasteiger partial charge in [-0.3, -0.25) is 0 Å². The van der Waals surface area contributed by atoms with Crippen molar-refractivity contribution in [1.82, 2.24) is 0 Å². The van der Waals surface area contributed by atoms with E-state index in [4.69, 9.17) is 0 Å². The summed E-state index contributed by atoms with van der Waals surface area (Å²) in [4.78, 5) is 0. The first kappa shape index (κ1) is 8.44. The predicted octanol–water partition coefficient (Wildman–Crippen LogP) is 2.72. The van der Waals surface area contributed by atoms with Crippen LogP contribution >= 0.6 is 15.9 Å². The molecule has 0 aromatic heterocycles. The van der Waals surface area contributed by atoms with Crippen LogP contribution in [-0.4, -0.2) is 4.51 Å². The van der Waals surface area contributed by atoms with E-state index in [-0.39, 0.29) is 0 Å². The van der Waals surface area contributed by atoms with Crippen molar-refractivity contribution in [2.75, 3.05) is 0 Å². The summed E-state index contributed by atoms with van der Waals surface area (Å²) >= 11 is 3.09. The summed E-state index contributed by atoms with van der Waals surface area (Å²) in [6.07, 6.45) is 2.35. The molecule has 0 fully saturated rings. The van der Waals surface area contributed by atoms with Crippen molar-refractivity contribution in [3.05, 3.63) is 0 Å². The fourth-order valence-corrected chi connectivity index (χ4v) is 0.947. The van der Waals surface area contributed by atoms with E-state index in [1.165, 1.54) is 0 Å². The summed E-state index contributed by atoms with van der Waals surface area (Å²) in [6.45, 7) is 3.92. The smallest absolute Gasteiger partial charge is 0.157 e. The van der Waals surface area contributed by atoms with Crippen LogP contribution < -0.4 is 0 Å². The molecule has 0 saturated carbocycles. The molecule has 0 N–H and O–H groups in total. The molecule has 0 aromatic rings. The molecular formula is C6H12BrO. The molecule has 0 rings (SSSR count). The van der Waals surface area contributed by atoms with Gasteiger partial charge in [0.15, 0.2) is 4.51 Å². The molecule has 0 aliphatic rings. The number of halogens is 1. The second kappa shape index (κ2) is 3.46. The van der Waals surface area contributed by atoms with E-state index in [0.717, 1.165) is 12.8 Å². The van der Waals surface area contributed by atoms with Gasteiger partial charge in [-0.1, -0.05) is 36.2 Å². The fourth-order valence-electron chi connectivity index (χ4n) is 0.550. The number of alkyl halides is 1. The normalized spacial score (nSPS) is 18.0. The maximum atomic E-state index is 11.0. The molecule has 1 nitrogen and oxygen atoms in total. The maximum Gasteiger partial charge on any atom is 0.157 e. The van der Waals surface area contributed by atoms with Crippen molar-refractivity contribution in [2.24, 2.45) is 0 Å². The van der Waals surface area contributed by atoms with Gasteiger partial charge in [-0.2, -0.15) is 0 Å². The van der Waals surface area contributed by atoms with E-state index < -0.39 is 4.51 Å². The van der Waals surface area contributed by atoms with Crippen LogP contribution in [0.5, 0.6) is 0 Å². The first-order valence-corrected chi connectivity index (χ1v) is 3.81. The van der Waals surface area contributed by atoms with Gasteiger partial charge in [0.1, 0.15) is 0 Å². The van der Waals surface area contributed by atoms with Gasteiger partial charge >= 0.3 is 0 Å². The Bertz CT molecular complexity index is 61.5. The lowest BCUT2D eigenvalue weighted by atomic mass is 10.2. The van der Waals surface area contributed by atoms with Crippen LogP contribution in [0.4, 0.5) is 0 Å². The van der Waals surface area contributed by atoms with E-state index in [2.05, 4.69) is 15.9 Å². The summed E-state index contributed by atoms with van der Waals surface area (Å²) < 4.78 is -0.845. The lowest BCUT2D eigenvalue weighted by molar-refractivity contribution is 0.0507. The fraction of sp³-hybridized carbons (Fsp3) is 1.00. The third-order valence-electron chi connectivity index (χ3n) is 1.15. The molecule has 0 aromatic carbocycles. The highest BCUT2D eigenvalue weighted by atomic mass is 79.9. The molecule has 0 spiro atoms. The first-order valence-electron chi connectivity index (χ1n) is 3.01. The SMILES string of the molecule is CCCC([O])(Br)CC. The van der Waals surface area contributed by atoms with Gasteiger partial charge in [0, 0.05) is 0 Å². The summed E-state index contributed by atoms with van der Waals surface area (Å²) in [5.41, 5.74) is 0. The average molecular weight is 180 g/mol. The Morgan fingerprint density at radius 2 is 2.00 bits per heavy atom. The molecular weight excluding hydrogens is 168 g/mol. The van der Waals surface area contributed by atoms with Gasteiger partial charge in [-0.25, -0.2) is 5.11 Å². The van der Waals surface area contributed by atoms with Crippen LogP contribution in [0.15, 0.2) is 0 Å². The first-order chi connectivity index (χ1) is 3.62. The minimum Gasteiger partial charge on any atom is -0.217 e. The lowest BCUT2D eigenvalue weighted by Gasteiger charge is -2.13. The Morgan fingerprint density at radius 3 is 2.12 bits per heavy atom. The van der Waals surface area contributed by atoms with Crippen LogP contribution in [0.1, 0.15) is 33.1 Å². The summed E-state index contributed by atoms with van der Waals surface area (Å²) in [5.74, 6) is 0. The monoisotopic (exact) mass is 179 g/mol. The molecule has 1 radical (unpaired) electrons. The predicted molar refractivity (Wildman–Crippen MR) is 37.5 cm³/mol. The van der Waals surface area contributed by atoms with Crippen molar-refractivity contribution in [1.29, 1.82) is 0 Å². The number of hydrogen-bond acceptors (Lipinski definition) is 0. The second-order valence-electron chi connectivity index (χ2n) is 1.99. The Hall–Kier alpha value is 0.440. The van der Waals surface area contributed by atoms with Crippen LogP contribution in [0, 0.1) is 0 Å². The molecule has 0 amide bonds. The zero-order chi connectivity index (χ0) is 6.62. The van der Waals surface area contributed by atoms with Crippen LogP contribution in [0.3, 0.4) is 0 Å². The number of rotatable bonds is 3. The van der Waals surface area contributed by atoms with E-state index in [9.17, 15) is 5.11 Å². The standard InChI is InChI=1S/C6H12BrO/c1-3-5-6(7,8)4-2/h3-5H2,1-2H3. The highest BCUT2D eigenvalue weighted by Gasteiger charge is 2.20. The molecule has 49 valence electrons. The zero-order valence-corrected chi connectivity index (χ0v) is 6.99. The van der Waals surface area contributed by atoms with Crippen molar-refractivity contribution in [3.63, 3.8) is 0 Å². The summed E-state index contributed by atoms with van der Waals surface area (Å²) in [5, 5.41) is 11.0. The average Bonchev–Trinajstić information content (AvgIpc) is 1.67. The number of hydrogen-bond donors (Lipinski definition) is 0. The van der Waals surface area contributed by atoms with Crippen LogP contribution in [0.2, 0.25) is 0 Å². The Labute approximate surface area is 59.2 Å². The van der Waals surface area contributed by atoms with E-state index in [1.54, 1.807) is 0 Å². The van der Waals surface area contributed by atoms with Crippen molar-refractivity contribution in [2.45, 2.75) is 37.6 Å². The molecule has 2 heteroatoms. The molecule has 1 unspecified atom stereocenters. The molecule has 0 heterocycles. The lowest BCUT2D eigenvalue weighted by Crippen LogP contribution is -2.14. The van der Waals surface area contributed by atoms with Gasteiger partial charge < -0.3 is 0 Å². The van der Waals surface area contributed by atoms with Crippen LogP contribution in [-0.2, 0) is 5.11 Å². The minimum atomic E-state index is -0.845. The molecule has 1 atom stereocenters. The Kier molecular flexibility index (Phi) is 3.65. The van der Waals surface area contributed by atoms with Gasteiger partial charge in [0.25, 0.3) is 0 Å². The minimum absolute atomic E-state index is 0.668. The topological polar surface area (TPSA) is 19.9 Å². The van der Waals surface area contributed by atoms with Gasteiger partial charge in [-0.05, 0) is 12.8 Å². The second-order valence-corrected chi connectivity index (χ2v) is 3.43. The molecule has 0 aliphatic carbocycles. The molecule has 0 bridgehead atoms. The maximum absolute atomic E-state index is 11.0. The highest BCUT2D eigenvalue weighted by molar-refractivity contribution is 9.10. The highest BCUT2D eigenvalue weighted by Crippen LogP contribution is 2.24. The van der Waals surface area contributed by atoms with E-state index in [1.807, 2.05) is 13.8 Å². The molecule has 0 saturated heterocycles. The van der Waals surface area contributed by atoms with E-state index >= 15 is 0 Å². The van der Waals surface area contributed by atoms with Crippen molar-refractivity contribution >= 4 is 15.9 Å². The third-order valence-corrected chi connectivity index (χ3v) is 2.11. The van der Waals surface area contributed by atoms with Gasteiger partial charge in [0.2, 0.25) is 0 Å². The molecule has 0 aliphatic heterocycles. The van der Waals surface area contributed by atoms with Crippen molar-refractivity contribution in [3.8, 4) is 0 Å². The largest absolute Gasteiger partial charge is 0.217 e. The zero-order valence-electron chi connectivity index (χ0n) is 5.41. The Morgan fingerprint density at radius 1 is 1.50 bits per heavy atom. The van der Waals surface area contributed by atoms with Gasteiger partial charge in [-0.15, -0.1) is 0 Å². The Balaban J connectivity index is 3.37. The van der Waals surface area contributed by atoms with E-state index in [0.29, 0.717) is 6.42 Å². The molecule has 8 heavy (non-hydrogen) atoms. The van der Waals surface area contributed by atoms with Crippen LogP contribution in [0.25, 0.3) is 0 Å².